The number of hydrogen-bond acceptors (Lipinski definition) is 3. The molecule has 92 valence electrons. The van der Waals surface area contributed by atoms with E-state index in [2.05, 4.69) is 9.80 Å². The van der Waals surface area contributed by atoms with E-state index in [-0.39, 0.29) is 5.82 Å². The Morgan fingerprint density at radius 2 is 1.82 bits per heavy atom. The third-order valence-corrected chi connectivity index (χ3v) is 3.71. The van der Waals surface area contributed by atoms with Crippen LogP contribution in [0, 0.1) is 5.82 Å². The third kappa shape index (κ3) is 2.22. The summed E-state index contributed by atoms with van der Waals surface area (Å²) in [6.45, 7) is 4.18. The van der Waals surface area contributed by atoms with E-state index in [0.717, 1.165) is 37.9 Å². The number of benzene rings is 1. The van der Waals surface area contributed by atoms with Crippen LogP contribution in [0.4, 0.5) is 15.8 Å². The lowest BCUT2D eigenvalue weighted by molar-refractivity contribution is 0.248. The smallest absolute Gasteiger partial charge is 0.125 e. The molecule has 1 aromatic carbocycles. The highest BCUT2D eigenvalue weighted by atomic mass is 19.1. The van der Waals surface area contributed by atoms with Crippen LogP contribution in [-0.2, 0) is 0 Å². The van der Waals surface area contributed by atoms with Crippen molar-refractivity contribution in [3.05, 3.63) is 24.0 Å². The third-order valence-electron chi connectivity index (χ3n) is 3.71. The molecule has 1 saturated heterocycles. The lowest BCUT2D eigenvalue weighted by Crippen LogP contribution is -2.47. The summed E-state index contributed by atoms with van der Waals surface area (Å²) >= 11 is 0. The van der Waals surface area contributed by atoms with Gasteiger partial charge in [0.05, 0.1) is 11.4 Å². The van der Waals surface area contributed by atoms with Gasteiger partial charge in [0.1, 0.15) is 5.82 Å². The number of nitrogen functional groups attached to an aromatic ring is 1. The SMILES string of the molecule is Nc1cc(F)ccc1N1CCN(C2CC2)CC1. The van der Waals surface area contributed by atoms with Crippen LogP contribution in [0.3, 0.4) is 0 Å². The summed E-state index contributed by atoms with van der Waals surface area (Å²) in [5, 5.41) is 0. The molecule has 0 spiro atoms. The largest absolute Gasteiger partial charge is 0.397 e. The van der Waals surface area contributed by atoms with Crippen molar-refractivity contribution in [2.24, 2.45) is 0 Å². The maximum absolute atomic E-state index is 13.0. The minimum Gasteiger partial charge on any atom is -0.397 e. The Morgan fingerprint density at radius 3 is 2.41 bits per heavy atom. The number of hydrogen-bond donors (Lipinski definition) is 1. The summed E-state index contributed by atoms with van der Waals surface area (Å²) in [7, 11) is 0. The Kier molecular flexibility index (Phi) is 2.67. The number of rotatable bonds is 2. The van der Waals surface area contributed by atoms with Crippen molar-refractivity contribution in [3.63, 3.8) is 0 Å². The lowest BCUT2D eigenvalue weighted by Gasteiger charge is -2.36. The minimum atomic E-state index is -0.261. The monoisotopic (exact) mass is 235 g/mol. The first-order chi connectivity index (χ1) is 8.24. The highest BCUT2D eigenvalue weighted by Gasteiger charge is 2.31. The standard InChI is InChI=1S/C13H18FN3/c14-10-1-4-13(12(15)9-10)17-7-5-16(6-8-17)11-2-3-11/h1,4,9,11H,2-3,5-8,15H2. The topological polar surface area (TPSA) is 32.5 Å². The molecule has 2 aliphatic rings. The van der Waals surface area contributed by atoms with E-state index in [4.69, 9.17) is 5.73 Å². The predicted octanol–water partition coefficient (Wildman–Crippen LogP) is 1.69. The Hall–Kier alpha value is -1.29. The Morgan fingerprint density at radius 1 is 1.12 bits per heavy atom. The molecule has 0 atom stereocenters. The van der Waals surface area contributed by atoms with Crippen molar-refractivity contribution in [2.45, 2.75) is 18.9 Å². The van der Waals surface area contributed by atoms with Crippen molar-refractivity contribution >= 4 is 11.4 Å². The van der Waals surface area contributed by atoms with Crippen molar-refractivity contribution in [2.75, 3.05) is 36.8 Å². The van der Waals surface area contributed by atoms with Crippen molar-refractivity contribution < 1.29 is 4.39 Å². The van der Waals surface area contributed by atoms with E-state index in [1.165, 1.54) is 25.0 Å². The number of nitrogens with zero attached hydrogens (tertiary/aromatic N) is 2. The molecule has 2 fully saturated rings. The molecule has 17 heavy (non-hydrogen) atoms. The molecule has 0 radical (unpaired) electrons. The van der Waals surface area contributed by atoms with E-state index in [0.29, 0.717) is 5.69 Å². The molecule has 1 aliphatic heterocycles. The second kappa shape index (κ2) is 4.18. The van der Waals surface area contributed by atoms with Gasteiger partial charge in [0.25, 0.3) is 0 Å². The van der Waals surface area contributed by atoms with Gasteiger partial charge in [0.2, 0.25) is 0 Å². The van der Waals surface area contributed by atoms with Crippen LogP contribution in [0.5, 0.6) is 0 Å². The zero-order valence-electron chi connectivity index (χ0n) is 9.90. The molecule has 1 saturated carbocycles. The molecular formula is C13H18FN3. The number of halogens is 1. The zero-order valence-corrected chi connectivity index (χ0v) is 9.90. The average Bonchev–Trinajstić information content (AvgIpc) is 3.13. The maximum atomic E-state index is 13.0. The van der Waals surface area contributed by atoms with E-state index in [1.54, 1.807) is 6.07 Å². The maximum Gasteiger partial charge on any atom is 0.125 e. The summed E-state index contributed by atoms with van der Waals surface area (Å²) in [6, 6.07) is 5.52. The van der Waals surface area contributed by atoms with Crippen LogP contribution in [-0.4, -0.2) is 37.1 Å². The van der Waals surface area contributed by atoms with Crippen LogP contribution in [0.15, 0.2) is 18.2 Å². The molecule has 1 heterocycles. The van der Waals surface area contributed by atoms with E-state index in [9.17, 15) is 4.39 Å². The fraction of sp³-hybridized carbons (Fsp3) is 0.538. The Labute approximate surface area is 101 Å². The van der Waals surface area contributed by atoms with Crippen LogP contribution in [0.25, 0.3) is 0 Å². The molecule has 0 unspecified atom stereocenters. The van der Waals surface area contributed by atoms with Gasteiger partial charge in [-0.1, -0.05) is 0 Å². The fourth-order valence-electron chi connectivity index (χ4n) is 2.58. The number of nitrogens with two attached hydrogens (primary N) is 1. The van der Waals surface area contributed by atoms with Gasteiger partial charge in [-0.2, -0.15) is 0 Å². The van der Waals surface area contributed by atoms with Crippen LogP contribution >= 0.6 is 0 Å². The highest BCUT2D eigenvalue weighted by Crippen LogP contribution is 2.30. The molecule has 3 nitrogen and oxygen atoms in total. The highest BCUT2D eigenvalue weighted by molar-refractivity contribution is 5.67. The van der Waals surface area contributed by atoms with Gasteiger partial charge in [0, 0.05) is 32.2 Å². The molecule has 0 aromatic heterocycles. The molecule has 1 aromatic rings. The Bertz CT molecular complexity index is 409. The van der Waals surface area contributed by atoms with Crippen molar-refractivity contribution in [1.82, 2.24) is 4.90 Å². The first-order valence-electron chi connectivity index (χ1n) is 6.28. The van der Waals surface area contributed by atoms with E-state index < -0.39 is 0 Å². The van der Waals surface area contributed by atoms with Crippen molar-refractivity contribution in [3.8, 4) is 0 Å². The molecule has 3 rings (SSSR count). The Balaban J connectivity index is 1.68. The molecule has 0 amide bonds. The number of piperazine rings is 1. The first-order valence-corrected chi connectivity index (χ1v) is 6.28. The average molecular weight is 235 g/mol. The van der Waals surface area contributed by atoms with Gasteiger partial charge in [-0.25, -0.2) is 4.39 Å². The summed E-state index contributed by atoms with van der Waals surface area (Å²) in [5.74, 6) is -0.261. The van der Waals surface area contributed by atoms with Crippen LogP contribution < -0.4 is 10.6 Å². The molecule has 4 heteroatoms. The van der Waals surface area contributed by atoms with Gasteiger partial charge in [-0.3, -0.25) is 4.90 Å². The van der Waals surface area contributed by atoms with Gasteiger partial charge >= 0.3 is 0 Å². The van der Waals surface area contributed by atoms with E-state index >= 15 is 0 Å². The first kappa shape index (κ1) is 10.8. The zero-order chi connectivity index (χ0) is 11.8. The molecule has 1 aliphatic carbocycles. The van der Waals surface area contributed by atoms with Gasteiger partial charge in [-0.15, -0.1) is 0 Å². The summed E-state index contributed by atoms with van der Waals surface area (Å²) in [5.41, 5.74) is 7.38. The quantitative estimate of drug-likeness (QED) is 0.792. The van der Waals surface area contributed by atoms with Gasteiger partial charge in [0.15, 0.2) is 0 Å². The second-order valence-corrected chi connectivity index (χ2v) is 4.96. The lowest BCUT2D eigenvalue weighted by atomic mass is 10.2. The molecular weight excluding hydrogens is 217 g/mol. The van der Waals surface area contributed by atoms with Crippen LogP contribution in [0.1, 0.15) is 12.8 Å². The van der Waals surface area contributed by atoms with Gasteiger partial charge in [-0.05, 0) is 31.0 Å². The molecule has 2 N–H and O–H groups in total. The number of anilines is 2. The van der Waals surface area contributed by atoms with E-state index in [1.807, 2.05) is 0 Å². The summed E-state index contributed by atoms with van der Waals surface area (Å²) < 4.78 is 13.0. The van der Waals surface area contributed by atoms with Crippen LogP contribution in [0.2, 0.25) is 0 Å². The van der Waals surface area contributed by atoms with Crippen molar-refractivity contribution in [1.29, 1.82) is 0 Å². The predicted molar refractivity (Wildman–Crippen MR) is 67.6 cm³/mol. The second-order valence-electron chi connectivity index (χ2n) is 4.96. The molecule has 0 bridgehead atoms. The minimum absolute atomic E-state index is 0.261. The summed E-state index contributed by atoms with van der Waals surface area (Å²) in [4.78, 5) is 4.81. The summed E-state index contributed by atoms with van der Waals surface area (Å²) in [6.07, 6.45) is 2.72. The fourth-order valence-corrected chi connectivity index (χ4v) is 2.58. The van der Waals surface area contributed by atoms with Gasteiger partial charge < -0.3 is 10.6 Å². The normalized spacial score (nSPS) is 21.8.